The SMILES string of the molecule is CCOC(=O)c1cc2c(-c3ccccc3Oc3ccc(F)cc3F)[nH]c(C)c2c(=O)[nH]1. The lowest BCUT2D eigenvalue weighted by Crippen LogP contribution is -2.15. The Hall–Kier alpha value is -3.94. The summed E-state index contributed by atoms with van der Waals surface area (Å²) in [5.74, 6) is -2.07. The Balaban J connectivity index is 1.88. The monoisotopic (exact) mass is 424 g/mol. The summed E-state index contributed by atoms with van der Waals surface area (Å²) in [5, 5.41) is 0.866. The summed E-state index contributed by atoms with van der Waals surface area (Å²) in [6.07, 6.45) is 0. The molecule has 2 aromatic carbocycles. The lowest BCUT2D eigenvalue weighted by Gasteiger charge is -2.11. The minimum absolute atomic E-state index is 0.0163. The number of benzene rings is 2. The number of para-hydroxylation sites is 1. The van der Waals surface area contributed by atoms with Gasteiger partial charge in [0.05, 0.1) is 17.7 Å². The second-order valence-corrected chi connectivity index (χ2v) is 6.82. The molecule has 4 rings (SSSR count). The fourth-order valence-electron chi connectivity index (χ4n) is 3.42. The first-order chi connectivity index (χ1) is 14.9. The lowest BCUT2D eigenvalue weighted by molar-refractivity contribution is 0.0519. The number of aryl methyl sites for hydroxylation is 1. The van der Waals surface area contributed by atoms with Crippen molar-refractivity contribution in [3.05, 3.63) is 81.9 Å². The summed E-state index contributed by atoms with van der Waals surface area (Å²) in [7, 11) is 0. The summed E-state index contributed by atoms with van der Waals surface area (Å²) in [6.45, 7) is 3.56. The molecule has 0 fully saturated rings. The van der Waals surface area contributed by atoms with Crippen LogP contribution in [-0.4, -0.2) is 22.5 Å². The summed E-state index contributed by atoms with van der Waals surface area (Å²) in [4.78, 5) is 30.5. The molecule has 0 spiro atoms. The first-order valence-corrected chi connectivity index (χ1v) is 9.54. The summed E-state index contributed by atoms with van der Waals surface area (Å²) < 4.78 is 38.1. The molecule has 4 aromatic rings. The predicted molar refractivity (Wildman–Crippen MR) is 111 cm³/mol. The Kier molecular flexibility index (Phi) is 5.29. The quantitative estimate of drug-likeness (QED) is 0.438. The van der Waals surface area contributed by atoms with Crippen LogP contribution in [0.2, 0.25) is 0 Å². The average molecular weight is 424 g/mol. The molecule has 0 aliphatic heterocycles. The van der Waals surface area contributed by atoms with Crippen LogP contribution in [0.15, 0.2) is 53.3 Å². The molecule has 158 valence electrons. The topological polar surface area (TPSA) is 84.2 Å². The van der Waals surface area contributed by atoms with Gasteiger partial charge in [-0.25, -0.2) is 13.6 Å². The van der Waals surface area contributed by atoms with E-state index in [2.05, 4.69) is 9.97 Å². The van der Waals surface area contributed by atoms with E-state index in [1.54, 1.807) is 38.1 Å². The number of fused-ring (bicyclic) bond motifs is 1. The zero-order valence-electron chi connectivity index (χ0n) is 16.7. The highest BCUT2D eigenvalue weighted by atomic mass is 19.1. The van der Waals surface area contributed by atoms with Crippen molar-refractivity contribution in [1.29, 1.82) is 0 Å². The van der Waals surface area contributed by atoms with E-state index in [0.717, 1.165) is 12.1 Å². The Morgan fingerprint density at radius 3 is 2.55 bits per heavy atom. The number of esters is 1. The van der Waals surface area contributed by atoms with Gasteiger partial charge in [0.15, 0.2) is 11.6 Å². The second-order valence-electron chi connectivity index (χ2n) is 6.82. The second kappa shape index (κ2) is 8.06. The van der Waals surface area contributed by atoms with E-state index < -0.39 is 23.2 Å². The molecule has 2 aromatic heterocycles. The van der Waals surface area contributed by atoms with Gasteiger partial charge in [0.25, 0.3) is 5.56 Å². The fraction of sp³-hybridized carbons (Fsp3) is 0.130. The van der Waals surface area contributed by atoms with Gasteiger partial charge in [-0.3, -0.25) is 4.79 Å². The third kappa shape index (κ3) is 3.79. The number of carbonyl (C=O) groups excluding carboxylic acids is 1. The Labute approximate surface area is 175 Å². The molecule has 0 aliphatic rings. The van der Waals surface area contributed by atoms with Crippen LogP contribution in [0.1, 0.15) is 23.1 Å². The van der Waals surface area contributed by atoms with Crippen molar-refractivity contribution < 1.29 is 23.0 Å². The lowest BCUT2D eigenvalue weighted by atomic mass is 10.1. The van der Waals surface area contributed by atoms with Crippen molar-refractivity contribution >= 4 is 16.7 Å². The number of aromatic amines is 2. The number of nitrogens with one attached hydrogen (secondary N) is 2. The van der Waals surface area contributed by atoms with Crippen LogP contribution < -0.4 is 10.3 Å². The van der Waals surface area contributed by atoms with Crippen molar-refractivity contribution in [3.63, 3.8) is 0 Å². The molecule has 0 amide bonds. The number of ether oxygens (including phenoxy) is 2. The third-order valence-corrected chi connectivity index (χ3v) is 4.76. The van der Waals surface area contributed by atoms with Gasteiger partial charge in [-0.1, -0.05) is 12.1 Å². The number of aromatic nitrogens is 2. The van der Waals surface area contributed by atoms with Crippen LogP contribution in [0.4, 0.5) is 8.78 Å². The standard InChI is InChI=1S/C23H18F2N2O4/c1-3-30-23(29)17-11-15-20(22(28)27-17)12(2)26-21(15)14-6-4-5-7-18(14)31-19-9-8-13(24)10-16(19)25/h4-11,26H,3H2,1-2H3,(H,27,28). The largest absolute Gasteiger partial charge is 0.461 e. The van der Waals surface area contributed by atoms with Crippen LogP contribution in [0.3, 0.4) is 0 Å². The molecule has 8 heteroatoms. The van der Waals surface area contributed by atoms with Crippen LogP contribution in [0, 0.1) is 18.6 Å². The van der Waals surface area contributed by atoms with Gasteiger partial charge in [-0.2, -0.15) is 0 Å². The first-order valence-electron chi connectivity index (χ1n) is 9.54. The summed E-state index contributed by atoms with van der Waals surface area (Å²) in [5.41, 5.74) is 1.21. The smallest absolute Gasteiger partial charge is 0.354 e. The maximum absolute atomic E-state index is 14.1. The number of rotatable bonds is 5. The predicted octanol–water partition coefficient (Wildman–Crippen LogP) is 5.08. The number of hydrogen-bond acceptors (Lipinski definition) is 4. The van der Waals surface area contributed by atoms with E-state index in [1.165, 1.54) is 12.1 Å². The van der Waals surface area contributed by atoms with Crippen molar-refractivity contribution in [1.82, 2.24) is 9.97 Å². The Morgan fingerprint density at radius 2 is 1.81 bits per heavy atom. The molecule has 0 radical (unpaired) electrons. The van der Waals surface area contributed by atoms with Crippen LogP contribution in [0.5, 0.6) is 11.5 Å². The van der Waals surface area contributed by atoms with Crippen LogP contribution >= 0.6 is 0 Å². The van der Waals surface area contributed by atoms with Gasteiger partial charge in [-0.05, 0) is 44.2 Å². The molecule has 0 aliphatic carbocycles. The highest BCUT2D eigenvalue weighted by Gasteiger charge is 2.20. The molecule has 6 nitrogen and oxygen atoms in total. The zero-order chi connectivity index (χ0) is 22.1. The van der Waals surface area contributed by atoms with Crippen LogP contribution in [0.25, 0.3) is 22.0 Å². The van der Waals surface area contributed by atoms with Gasteiger partial charge >= 0.3 is 5.97 Å². The van der Waals surface area contributed by atoms with Gasteiger partial charge in [0.2, 0.25) is 0 Å². The molecule has 31 heavy (non-hydrogen) atoms. The molecule has 0 unspecified atom stereocenters. The molecule has 0 saturated heterocycles. The van der Waals surface area contributed by atoms with E-state index in [0.29, 0.717) is 27.7 Å². The molecular weight excluding hydrogens is 406 g/mol. The number of H-pyrrole nitrogens is 2. The molecule has 0 atom stereocenters. The highest BCUT2D eigenvalue weighted by molar-refractivity contribution is 6.01. The molecule has 0 saturated carbocycles. The minimum atomic E-state index is -0.844. The molecule has 0 bridgehead atoms. The highest BCUT2D eigenvalue weighted by Crippen LogP contribution is 2.37. The molecular formula is C23H18F2N2O4. The van der Waals surface area contributed by atoms with E-state index in [4.69, 9.17) is 9.47 Å². The average Bonchev–Trinajstić information content (AvgIpc) is 3.07. The Morgan fingerprint density at radius 1 is 1.03 bits per heavy atom. The van der Waals surface area contributed by atoms with Crippen molar-refractivity contribution in [2.45, 2.75) is 13.8 Å². The van der Waals surface area contributed by atoms with Crippen LogP contribution in [-0.2, 0) is 4.74 Å². The van der Waals surface area contributed by atoms with Gasteiger partial charge in [-0.15, -0.1) is 0 Å². The first kappa shape index (κ1) is 20.3. The Bertz CT molecular complexity index is 1360. The van der Waals surface area contributed by atoms with Gasteiger partial charge < -0.3 is 19.4 Å². The normalized spacial score (nSPS) is 11.0. The van der Waals surface area contributed by atoms with Gasteiger partial charge in [0.1, 0.15) is 17.3 Å². The maximum atomic E-state index is 14.1. The maximum Gasteiger partial charge on any atom is 0.354 e. The summed E-state index contributed by atoms with van der Waals surface area (Å²) >= 11 is 0. The number of halogens is 2. The number of pyridine rings is 1. The van der Waals surface area contributed by atoms with Gasteiger partial charge in [0, 0.05) is 22.7 Å². The van der Waals surface area contributed by atoms with E-state index in [9.17, 15) is 18.4 Å². The summed E-state index contributed by atoms with van der Waals surface area (Å²) in [6, 6.07) is 11.4. The van der Waals surface area contributed by atoms with E-state index >= 15 is 0 Å². The molecule has 2 N–H and O–H groups in total. The van der Waals surface area contributed by atoms with Crippen molar-refractivity contribution in [3.8, 4) is 22.8 Å². The van der Waals surface area contributed by atoms with Crippen molar-refractivity contribution in [2.24, 2.45) is 0 Å². The number of hydrogen-bond donors (Lipinski definition) is 2. The van der Waals surface area contributed by atoms with Crippen molar-refractivity contribution in [2.75, 3.05) is 6.61 Å². The van der Waals surface area contributed by atoms with E-state index in [1.807, 2.05) is 0 Å². The van der Waals surface area contributed by atoms with E-state index in [-0.39, 0.29) is 23.8 Å². The third-order valence-electron chi connectivity index (χ3n) is 4.76. The molecule has 2 heterocycles. The number of carbonyl (C=O) groups is 1. The fourth-order valence-corrected chi connectivity index (χ4v) is 3.42. The minimum Gasteiger partial charge on any atom is -0.461 e. The zero-order valence-corrected chi connectivity index (χ0v) is 16.7.